The topological polar surface area (TPSA) is 35.6 Å². The summed E-state index contributed by atoms with van der Waals surface area (Å²) in [6, 6.07) is 2.89. The van der Waals surface area contributed by atoms with E-state index in [1.165, 1.54) is 12.1 Å². The van der Waals surface area contributed by atoms with E-state index in [0.717, 1.165) is 11.4 Å². The highest BCUT2D eigenvalue weighted by Gasteiger charge is 2.20. The first kappa shape index (κ1) is 14.4. The van der Waals surface area contributed by atoms with Crippen molar-refractivity contribution in [1.82, 2.24) is 19.3 Å². The normalized spacial score (nSPS) is 13.0. The molecule has 0 saturated carbocycles. The maximum absolute atomic E-state index is 13.8. The largest absolute Gasteiger partial charge is 0.291 e. The molecule has 0 amide bonds. The van der Waals surface area contributed by atoms with Crippen LogP contribution < -0.4 is 0 Å². The van der Waals surface area contributed by atoms with E-state index in [-0.39, 0.29) is 10.4 Å². The van der Waals surface area contributed by atoms with Gasteiger partial charge in [0, 0.05) is 19.3 Å². The lowest BCUT2D eigenvalue weighted by Crippen LogP contribution is -2.02. The Kier molecular flexibility index (Phi) is 3.42. The van der Waals surface area contributed by atoms with Gasteiger partial charge in [0.15, 0.2) is 0 Å². The Morgan fingerprint density at radius 1 is 1.33 bits per heavy atom. The Hall–Kier alpha value is -1.59. The highest BCUT2D eigenvalue weighted by molar-refractivity contribution is 6.31. The van der Waals surface area contributed by atoms with E-state index in [1.807, 2.05) is 31.7 Å². The zero-order valence-electron chi connectivity index (χ0n) is 11.7. The number of halogens is 3. The van der Waals surface area contributed by atoms with Crippen LogP contribution in [0.15, 0.2) is 18.3 Å². The maximum Gasteiger partial charge on any atom is 0.144 e. The van der Waals surface area contributed by atoms with Crippen molar-refractivity contribution in [2.24, 2.45) is 7.05 Å². The predicted octanol–water partition coefficient (Wildman–Crippen LogP) is 4.16. The first-order chi connectivity index (χ1) is 9.88. The summed E-state index contributed by atoms with van der Waals surface area (Å²) in [6.07, 6.45) is 1.85. The monoisotopic (exact) mass is 326 g/mol. The van der Waals surface area contributed by atoms with Gasteiger partial charge in [-0.2, -0.15) is 5.10 Å². The first-order valence-corrected chi connectivity index (χ1v) is 7.22. The number of hydrogen-bond donors (Lipinski definition) is 0. The minimum Gasteiger partial charge on any atom is -0.291 e. The van der Waals surface area contributed by atoms with Crippen LogP contribution in [0.3, 0.4) is 0 Å². The zero-order chi connectivity index (χ0) is 15.3. The van der Waals surface area contributed by atoms with Crippen LogP contribution in [0.4, 0.5) is 4.39 Å². The number of fused-ring (bicyclic) bond motifs is 1. The van der Waals surface area contributed by atoms with Crippen LogP contribution in [0, 0.1) is 12.7 Å². The molecule has 0 spiro atoms. The van der Waals surface area contributed by atoms with Gasteiger partial charge in [-0.05, 0) is 19.9 Å². The third-order valence-electron chi connectivity index (χ3n) is 3.31. The summed E-state index contributed by atoms with van der Waals surface area (Å²) in [5, 5.41) is 4.03. The van der Waals surface area contributed by atoms with Crippen molar-refractivity contribution in [3.05, 3.63) is 40.7 Å². The summed E-state index contributed by atoms with van der Waals surface area (Å²) in [7, 11) is 1.83. The van der Waals surface area contributed by atoms with Crippen molar-refractivity contribution in [2.75, 3.05) is 0 Å². The standard InChI is InChI=1S/C14H13Cl2FN4/c1-7(15)14-18-11-4-9(16)10(17)5-12(11)21(14)13-6-20(3)19-8(13)2/h4-7H,1-3H3. The smallest absolute Gasteiger partial charge is 0.144 e. The van der Waals surface area contributed by atoms with Gasteiger partial charge in [0.1, 0.15) is 11.6 Å². The summed E-state index contributed by atoms with van der Waals surface area (Å²) in [5.41, 5.74) is 2.86. The van der Waals surface area contributed by atoms with E-state index in [1.54, 1.807) is 4.68 Å². The lowest BCUT2D eigenvalue weighted by Gasteiger charge is -2.09. The van der Waals surface area contributed by atoms with E-state index in [0.29, 0.717) is 16.9 Å². The third kappa shape index (κ3) is 2.30. The molecule has 2 aromatic heterocycles. The molecule has 0 fully saturated rings. The summed E-state index contributed by atoms with van der Waals surface area (Å²) in [6.45, 7) is 3.71. The molecule has 110 valence electrons. The third-order valence-corrected chi connectivity index (χ3v) is 3.79. The van der Waals surface area contributed by atoms with Crippen LogP contribution in [-0.2, 0) is 7.05 Å². The fourth-order valence-electron chi connectivity index (χ4n) is 2.42. The molecule has 4 nitrogen and oxygen atoms in total. The van der Waals surface area contributed by atoms with Crippen LogP contribution in [0.25, 0.3) is 16.7 Å². The molecule has 0 radical (unpaired) electrons. The molecule has 0 aliphatic rings. The fraction of sp³-hybridized carbons (Fsp3) is 0.286. The second-order valence-corrected chi connectivity index (χ2v) is 6.01. The number of nitrogens with zero attached hydrogens (tertiary/aromatic N) is 4. The van der Waals surface area contributed by atoms with E-state index in [2.05, 4.69) is 10.1 Å². The Balaban J connectivity index is 2.40. The molecular formula is C14H13Cl2FN4. The highest BCUT2D eigenvalue weighted by Crippen LogP contribution is 2.31. The Bertz CT molecular complexity index is 835. The number of benzene rings is 1. The summed E-state index contributed by atoms with van der Waals surface area (Å²) in [4.78, 5) is 4.48. The van der Waals surface area contributed by atoms with E-state index in [4.69, 9.17) is 23.2 Å². The number of alkyl halides is 1. The molecule has 7 heteroatoms. The number of rotatable bonds is 2. The van der Waals surface area contributed by atoms with Gasteiger partial charge in [-0.1, -0.05) is 11.6 Å². The molecule has 0 saturated heterocycles. The molecule has 0 bridgehead atoms. The molecule has 3 aromatic rings. The minimum absolute atomic E-state index is 0.0452. The zero-order valence-corrected chi connectivity index (χ0v) is 13.2. The average Bonchev–Trinajstić information content (AvgIpc) is 2.90. The molecule has 1 unspecified atom stereocenters. The van der Waals surface area contributed by atoms with Gasteiger partial charge >= 0.3 is 0 Å². The van der Waals surface area contributed by atoms with Gasteiger partial charge in [0.2, 0.25) is 0 Å². The van der Waals surface area contributed by atoms with Crippen molar-refractivity contribution < 1.29 is 4.39 Å². The number of aromatic nitrogens is 4. The van der Waals surface area contributed by atoms with Gasteiger partial charge in [-0.15, -0.1) is 11.6 Å². The van der Waals surface area contributed by atoms with Crippen molar-refractivity contribution in [3.8, 4) is 5.69 Å². The van der Waals surface area contributed by atoms with Crippen LogP contribution in [0.1, 0.15) is 23.8 Å². The summed E-state index contributed by atoms with van der Waals surface area (Å²) in [5.74, 6) is 0.144. The van der Waals surface area contributed by atoms with E-state index in [9.17, 15) is 4.39 Å². The lowest BCUT2D eigenvalue weighted by atomic mass is 10.3. The number of hydrogen-bond acceptors (Lipinski definition) is 2. The van der Waals surface area contributed by atoms with Crippen LogP contribution in [0.2, 0.25) is 5.02 Å². The lowest BCUT2D eigenvalue weighted by molar-refractivity contribution is 0.629. The minimum atomic E-state index is -0.486. The summed E-state index contributed by atoms with van der Waals surface area (Å²) < 4.78 is 17.4. The molecule has 21 heavy (non-hydrogen) atoms. The number of imidazole rings is 1. The Morgan fingerprint density at radius 2 is 2.05 bits per heavy atom. The van der Waals surface area contributed by atoms with Gasteiger partial charge < -0.3 is 0 Å². The quantitative estimate of drug-likeness (QED) is 0.663. The Morgan fingerprint density at radius 3 is 2.62 bits per heavy atom. The average molecular weight is 327 g/mol. The second-order valence-electron chi connectivity index (χ2n) is 4.95. The first-order valence-electron chi connectivity index (χ1n) is 6.40. The second kappa shape index (κ2) is 5.00. The van der Waals surface area contributed by atoms with Crippen molar-refractivity contribution in [3.63, 3.8) is 0 Å². The van der Waals surface area contributed by atoms with Crippen LogP contribution in [-0.4, -0.2) is 19.3 Å². The number of aryl methyl sites for hydroxylation is 2. The van der Waals surface area contributed by atoms with E-state index >= 15 is 0 Å². The maximum atomic E-state index is 13.8. The van der Waals surface area contributed by atoms with Gasteiger partial charge in [0.25, 0.3) is 0 Å². The molecule has 1 aromatic carbocycles. The highest BCUT2D eigenvalue weighted by atomic mass is 35.5. The SMILES string of the molecule is Cc1nn(C)cc1-n1c(C(C)Cl)nc2cc(Cl)c(F)cc21. The molecule has 3 rings (SSSR count). The van der Waals surface area contributed by atoms with Crippen molar-refractivity contribution in [1.29, 1.82) is 0 Å². The van der Waals surface area contributed by atoms with Gasteiger partial charge in [-0.3, -0.25) is 9.25 Å². The molecule has 0 aliphatic heterocycles. The summed E-state index contributed by atoms with van der Waals surface area (Å²) >= 11 is 12.1. The van der Waals surface area contributed by atoms with Gasteiger partial charge in [0.05, 0.1) is 32.8 Å². The fourth-order valence-corrected chi connectivity index (χ4v) is 2.72. The predicted molar refractivity (Wildman–Crippen MR) is 81.8 cm³/mol. The van der Waals surface area contributed by atoms with Gasteiger partial charge in [-0.25, -0.2) is 9.37 Å². The van der Waals surface area contributed by atoms with E-state index < -0.39 is 5.82 Å². The molecule has 2 heterocycles. The molecule has 1 atom stereocenters. The van der Waals surface area contributed by atoms with Crippen molar-refractivity contribution >= 4 is 34.2 Å². The molecule has 0 aliphatic carbocycles. The Labute approximate surface area is 131 Å². The molecule has 0 N–H and O–H groups in total. The molecular weight excluding hydrogens is 314 g/mol. The van der Waals surface area contributed by atoms with Crippen molar-refractivity contribution in [2.45, 2.75) is 19.2 Å². The van der Waals surface area contributed by atoms with Crippen LogP contribution in [0.5, 0.6) is 0 Å². The van der Waals surface area contributed by atoms with Crippen LogP contribution >= 0.6 is 23.2 Å².